The minimum Gasteiger partial charge on any atom is -0.493 e. The number of benzene rings is 2. The number of nitrogens with one attached hydrogen (secondary N) is 1. The van der Waals surface area contributed by atoms with Gasteiger partial charge in [0.15, 0.2) is 11.5 Å². The number of ether oxygens (including phenoxy) is 3. The van der Waals surface area contributed by atoms with Crippen LogP contribution in [0.15, 0.2) is 30.3 Å². The zero-order valence-corrected chi connectivity index (χ0v) is 19.0. The molecule has 0 aliphatic heterocycles. The number of aromatic nitrogens is 2. The molecule has 0 atom stereocenters. The molecule has 4 rings (SSSR count). The monoisotopic (exact) mass is 476 g/mol. The quantitative estimate of drug-likeness (QED) is 0.328. The van der Waals surface area contributed by atoms with Crippen LogP contribution in [-0.4, -0.2) is 36.4 Å². The lowest BCUT2D eigenvalue weighted by Crippen LogP contribution is -2.23. The number of nitrogen functional groups attached to an aromatic ring is 1. The average Bonchev–Trinajstić information content (AvgIpc) is 2.74. The summed E-state index contributed by atoms with van der Waals surface area (Å²) in [6.07, 6.45) is -0.788. The van der Waals surface area contributed by atoms with Crippen molar-refractivity contribution in [3.63, 3.8) is 0 Å². The van der Waals surface area contributed by atoms with Gasteiger partial charge in [-0.1, -0.05) is 0 Å². The fraction of sp³-hybridized carbons (Fsp3) is 0.417. The summed E-state index contributed by atoms with van der Waals surface area (Å²) in [4.78, 5) is 8.91. The highest BCUT2D eigenvalue weighted by Gasteiger charge is 2.31. The summed E-state index contributed by atoms with van der Waals surface area (Å²) in [5.41, 5.74) is 5.94. The fourth-order valence-electron chi connectivity index (χ4n) is 3.73. The van der Waals surface area contributed by atoms with Crippen LogP contribution in [0.2, 0.25) is 0 Å². The molecule has 3 aromatic rings. The fourth-order valence-corrected chi connectivity index (χ4v) is 3.73. The van der Waals surface area contributed by atoms with Crippen molar-refractivity contribution in [2.24, 2.45) is 0 Å². The Hall–Kier alpha value is -3.27. The van der Waals surface area contributed by atoms with E-state index in [1.54, 1.807) is 26.2 Å². The van der Waals surface area contributed by atoms with E-state index in [9.17, 15) is 13.2 Å². The minimum atomic E-state index is -4.48. The summed E-state index contributed by atoms with van der Waals surface area (Å²) in [6, 6.07) is 7.00. The van der Waals surface area contributed by atoms with Crippen molar-refractivity contribution in [2.45, 2.75) is 45.0 Å². The number of nitrogens with zero attached hydrogens (tertiary/aromatic N) is 2. The van der Waals surface area contributed by atoms with E-state index in [2.05, 4.69) is 15.3 Å². The number of hydrogen-bond donors (Lipinski definition) is 2. The Morgan fingerprint density at radius 1 is 1.06 bits per heavy atom. The lowest BCUT2D eigenvalue weighted by Gasteiger charge is -2.25. The molecule has 1 fully saturated rings. The van der Waals surface area contributed by atoms with Crippen molar-refractivity contribution in [1.82, 2.24) is 9.97 Å². The van der Waals surface area contributed by atoms with Crippen molar-refractivity contribution < 1.29 is 27.4 Å². The molecule has 1 heterocycles. The number of hydrogen-bond acceptors (Lipinski definition) is 7. The first-order chi connectivity index (χ1) is 16.2. The van der Waals surface area contributed by atoms with E-state index in [-0.39, 0.29) is 12.2 Å². The molecule has 3 N–H and O–H groups in total. The zero-order chi connectivity index (χ0) is 24.3. The molecule has 182 valence electrons. The first-order valence-corrected chi connectivity index (χ1v) is 11.0. The lowest BCUT2D eigenvalue weighted by atomic mass is 9.96. The summed E-state index contributed by atoms with van der Waals surface area (Å²) >= 11 is 0. The summed E-state index contributed by atoms with van der Waals surface area (Å²) in [5, 5.41) is 3.77. The summed E-state index contributed by atoms with van der Waals surface area (Å²) in [6.45, 7) is 2.66. The molecule has 7 nitrogen and oxygen atoms in total. The maximum absolute atomic E-state index is 13.2. The third kappa shape index (κ3) is 5.61. The normalized spacial score (nSPS) is 14.1. The first-order valence-electron chi connectivity index (χ1n) is 11.0. The number of alkyl halides is 3. The van der Waals surface area contributed by atoms with Crippen LogP contribution in [0.5, 0.6) is 11.5 Å². The second-order valence-electron chi connectivity index (χ2n) is 8.23. The van der Waals surface area contributed by atoms with Crippen molar-refractivity contribution in [3.05, 3.63) is 47.3 Å². The highest BCUT2D eigenvalue weighted by molar-refractivity contribution is 5.91. The number of rotatable bonds is 9. The maximum atomic E-state index is 13.2. The molecule has 10 heteroatoms. The molecule has 0 saturated heterocycles. The number of halogens is 3. The van der Waals surface area contributed by atoms with Gasteiger partial charge in [0, 0.05) is 23.7 Å². The Morgan fingerprint density at radius 3 is 2.53 bits per heavy atom. The largest absolute Gasteiger partial charge is 0.493 e. The molecule has 0 spiro atoms. The Kier molecular flexibility index (Phi) is 6.97. The SMILES string of the molecule is COc1cc2nc(C)nc(NCc3cc(N)cc(C(F)(F)F)c3)c2cc1OCCOC1CCC1. The summed E-state index contributed by atoms with van der Waals surface area (Å²) in [5.74, 6) is 2.00. The standard InChI is InChI=1S/C24H27F3N4O3/c1-14-30-20-12-21(32-2)22(34-7-6-33-18-4-3-5-18)11-19(20)23(31-14)29-13-15-8-16(24(25,26)27)10-17(28)9-15/h8-12,18H,3-7,13,28H2,1-2H3,(H,29,30,31). The van der Waals surface area contributed by atoms with Crippen molar-refractivity contribution in [1.29, 1.82) is 0 Å². The number of nitrogens with two attached hydrogens (primary N) is 1. The van der Waals surface area contributed by atoms with Crippen LogP contribution in [0.3, 0.4) is 0 Å². The van der Waals surface area contributed by atoms with Crippen molar-refractivity contribution >= 4 is 22.4 Å². The highest BCUT2D eigenvalue weighted by Crippen LogP contribution is 2.35. The van der Waals surface area contributed by atoms with Gasteiger partial charge in [-0.05, 0) is 56.0 Å². The molecular weight excluding hydrogens is 449 g/mol. The van der Waals surface area contributed by atoms with Crippen LogP contribution in [0.1, 0.15) is 36.2 Å². The zero-order valence-electron chi connectivity index (χ0n) is 19.0. The number of anilines is 2. The number of methoxy groups -OCH3 is 1. The van der Waals surface area contributed by atoms with Crippen LogP contribution in [-0.2, 0) is 17.5 Å². The van der Waals surface area contributed by atoms with Crippen molar-refractivity contribution in [2.75, 3.05) is 31.4 Å². The van der Waals surface area contributed by atoms with Gasteiger partial charge in [0.25, 0.3) is 0 Å². The van der Waals surface area contributed by atoms with Gasteiger partial charge in [-0.25, -0.2) is 9.97 Å². The van der Waals surface area contributed by atoms with Gasteiger partial charge in [0.1, 0.15) is 18.2 Å². The Balaban J connectivity index is 1.56. The Bertz CT molecular complexity index is 1170. The second kappa shape index (κ2) is 9.92. The molecule has 0 unspecified atom stereocenters. The van der Waals surface area contributed by atoms with Gasteiger partial charge in [-0.3, -0.25) is 0 Å². The van der Waals surface area contributed by atoms with E-state index in [0.29, 0.717) is 58.9 Å². The average molecular weight is 476 g/mol. The molecule has 1 aliphatic carbocycles. The van der Waals surface area contributed by atoms with Gasteiger partial charge in [-0.15, -0.1) is 0 Å². The topological polar surface area (TPSA) is 91.5 Å². The van der Waals surface area contributed by atoms with E-state index in [4.69, 9.17) is 19.9 Å². The highest BCUT2D eigenvalue weighted by atomic mass is 19.4. The van der Waals surface area contributed by atoms with Gasteiger partial charge in [0.2, 0.25) is 0 Å². The van der Waals surface area contributed by atoms with Gasteiger partial charge in [0.05, 0.1) is 30.9 Å². The lowest BCUT2D eigenvalue weighted by molar-refractivity contribution is -0.137. The van der Waals surface area contributed by atoms with Crippen LogP contribution < -0.4 is 20.5 Å². The Labute approximate surface area is 195 Å². The molecule has 0 amide bonds. The van der Waals surface area contributed by atoms with Gasteiger partial charge in [-0.2, -0.15) is 13.2 Å². The van der Waals surface area contributed by atoms with Crippen LogP contribution in [0.25, 0.3) is 10.9 Å². The maximum Gasteiger partial charge on any atom is 0.416 e. The van der Waals surface area contributed by atoms with Gasteiger partial charge < -0.3 is 25.3 Å². The van der Waals surface area contributed by atoms with E-state index in [1.807, 2.05) is 0 Å². The Morgan fingerprint density at radius 2 is 1.85 bits per heavy atom. The molecule has 0 bridgehead atoms. The number of fused-ring (bicyclic) bond motifs is 1. The molecule has 2 aromatic carbocycles. The minimum absolute atomic E-state index is 0.0416. The van der Waals surface area contributed by atoms with E-state index in [0.717, 1.165) is 25.0 Å². The first kappa shape index (κ1) is 23.9. The molecule has 34 heavy (non-hydrogen) atoms. The predicted octanol–water partition coefficient (Wildman–Crippen LogP) is 5.11. The van der Waals surface area contributed by atoms with Crippen LogP contribution in [0, 0.1) is 6.92 Å². The number of aryl methyl sites for hydroxylation is 1. The van der Waals surface area contributed by atoms with E-state index < -0.39 is 11.7 Å². The summed E-state index contributed by atoms with van der Waals surface area (Å²) < 4.78 is 56.6. The second-order valence-corrected chi connectivity index (χ2v) is 8.23. The molecular formula is C24H27F3N4O3. The molecule has 1 saturated carbocycles. The van der Waals surface area contributed by atoms with E-state index >= 15 is 0 Å². The third-order valence-electron chi connectivity index (χ3n) is 5.64. The predicted molar refractivity (Wildman–Crippen MR) is 123 cm³/mol. The van der Waals surface area contributed by atoms with Crippen LogP contribution in [0.4, 0.5) is 24.7 Å². The van der Waals surface area contributed by atoms with Crippen LogP contribution >= 0.6 is 0 Å². The van der Waals surface area contributed by atoms with Crippen molar-refractivity contribution in [3.8, 4) is 11.5 Å². The summed E-state index contributed by atoms with van der Waals surface area (Å²) in [7, 11) is 1.55. The molecule has 1 aliphatic rings. The van der Waals surface area contributed by atoms with Gasteiger partial charge >= 0.3 is 6.18 Å². The molecule has 1 aromatic heterocycles. The molecule has 0 radical (unpaired) electrons. The third-order valence-corrected chi connectivity index (χ3v) is 5.64. The smallest absolute Gasteiger partial charge is 0.416 e. The van der Waals surface area contributed by atoms with E-state index in [1.165, 1.54) is 12.5 Å².